The molecule has 2 saturated carbocycles. The molecule has 3 fully saturated rings. The average Bonchev–Trinajstić information content (AvgIpc) is 3.53. The maximum Gasteiger partial charge on any atom is 0.234 e. The lowest BCUT2D eigenvalue weighted by molar-refractivity contribution is -0.122. The Kier molecular flexibility index (Phi) is 3.20. The van der Waals surface area contributed by atoms with Crippen molar-refractivity contribution in [1.82, 2.24) is 0 Å². The summed E-state index contributed by atoms with van der Waals surface area (Å²) < 4.78 is 6.79. The van der Waals surface area contributed by atoms with Gasteiger partial charge in [0.1, 0.15) is 5.75 Å². The van der Waals surface area contributed by atoms with Gasteiger partial charge in [0.2, 0.25) is 11.6 Å². The molecule has 2 heterocycles. The Bertz CT molecular complexity index is 1140. The van der Waals surface area contributed by atoms with Gasteiger partial charge in [0.25, 0.3) is 0 Å². The van der Waals surface area contributed by atoms with Crippen LogP contribution in [0.1, 0.15) is 29.9 Å². The lowest BCUT2D eigenvalue weighted by Crippen LogP contribution is -2.49. The molecule has 3 aromatic rings. The van der Waals surface area contributed by atoms with Gasteiger partial charge in [-0.15, -0.1) is 0 Å². The van der Waals surface area contributed by atoms with E-state index in [1.54, 1.807) is 0 Å². The fourth-order valence-corrected chi connectivity index (χ4v) is 7.17. The minimum Gasteiger partial charge on any atom is -0.461 e. The third-order valence-corrected chi connectivity index (χ3v) is 8.08. The van der Waals surface area contributed by atoms with E-state index in [0.29, 0.717) is 17.8 Å². The largest absolute Gasteiger partial charge is 0.461 e. The Morgan fingerprint density at radius 1 is 0.833 bits per heavy atom. The van der Waals surface area contributed by atoms with Crippen molar-refractivity contribution >= 4 is 11.6 Å². The van der Waals surface area contributed by atoms with Crippen molar-refractivity contribution in [3.05, 3.63) is 96.1 Å². The third kappa shape index (κ3) is 1.89. The van der Waals surface area contributed by atoms with E-state index in [2.05, 4.69) is 54.6 Å². The van der Waals surface area contributed by atoms with Crippen molar-refractivity contribution in [3.63, 3.8) is 0 Å². The predicted octanol–water partition coefficient (Wildman–Crippen LogP) is 5.33. The molecule has 148 valence electrons. The van der Waals surface area contributed by atoms with Crippen LogP contribution in [0.25, 0.3) is 0 Å². The highest BCUT2D eigenvalue weighted by atomic mass is 16.5. The number of hydrogen-bond acceptors (Lipinski definition) is 2. The third-order valence-electron chi connectivity index (χ3n) is 8.08. The monoisotopic (exact) mass is 393 g/mol. The van der Waals surface area contributed by atoms with Crippen LogP contribution in [0.5, 0.6) is 5.75 Å². The van der Waals surface area contributed by atoms with E-state index in [1.807, 2.05) is 35.2 Å². The maximum atomic E-state index is 14.0. The van der Waals surface area contributed by atoms with Gasteiger partial charge in [-0.2, -0.15) is 0 Å². The van der Waals surface area contributed by atoms with Crippen LogP contribution < -0.4 is 9.64 Å². The van der Waals surface area contributed by atoms with E-state index in [0.717, 1.165) is 29.8 Å². The molecular weight excluding hydrogens is 370 g/mol. The summed E-state index contributed by atoms with van der Waals surface area (Å²) in [4.78, 5) is 16.0. The highest BCUT2D eigenvalue weighted by Gasteiger charge is 2.73. The number of anilines is 1. The van der Waals surface area contributed by atoms with Crippen molar-refractivity contribution in [2.75, 3.05) is 4.90 Å². The van der Waals surface area contributed by atoms with E-state index >= 15 is 0 Å². The molecule has 0 spiro atoms. The van der Waals surface area contributed by atoms with Crippen LogP contribution in [0.3, 0.4) is 0 Å². The normalized spacial score (nSPS) is 35.1. The highest BCUT2D eigenvalue weighted by Crippen LogP contribution is 2.70. The Morgan fingerprint density at radius 2 is 1.53 bits per heavy atom. The first-order valence-corrected chi connectivity index (χ1v) is 11.0. The quantitative estimate of drug-likeness (QED) is 0.589. The van der Waals surface area contributed by atoms with Gasteiger partial charge in [0.15, 0.2) is 0 Å². The summed E-state index contributed by atoms with van der Waals surface area (Å²) in [6, 6.07) is 29.3. The van der Waals surface area contributed by atoms with Crippen molar-refractivity contribution < 1.29 is 9.53 Å². The summed E-state index contributed by atoms with van der Waals surface area (Å²) >= 11 is 0. The molecule has 4 aliphatic rings. The molecule has 6 atom stereocenters. The summed E-state index contributed by atoms with van der Waals surface area (Å²) in [5, 5.41) is 0. The first kappa shape index (κ1) is 16.7. The first-order valence-electron chi connectivity index (χ1n) is 11.0. The van der Waals surface area contributed by atoms with Crippen LogP contribution in [0, 0.1) is 23.7 Å². The molecule has 1 saturated heterocycles. The fourth-order valence-electron chi connectivity index (χ4n) is 7.17. The van der Waals surface area contributed by atoms with E-state index in [-0.39, 0.29) is 17.7 Å². The number of benzene rings is 3. The number of ether oxygens (including phenoxy) is 1. The summed E-state index contributed by atoms with van der Waals surface area (Å²) in [5.74, 6) is 2.68. The second kappa shape index (κ2) is 5.75. The Morgan fingerprint density at radius 3 is 2.33 bits per heavy atom. The molecule has 0 radical (unpaired) electrons. The Hall–Kier alpha value is -3.07. The van der Waals surface area contributed by atoms with E-state index in [1.165, 1.54) is 5.56 Å². The number of amides is 1. The minimum atomic E-state index is -0.701. The van der Waals surface area contributed by atoms with Crippen LogP contribution in [0.15, 0.2) is 84.9 Å². The lowest BCUT2D eigenvalue weighted by Gasteiger charge is -2.39. The SMILES string of the molecule is O=C1[C@H]2[C@@H]3C[C@@H](C[C@H]3c3ccccc3)[C@H]2[C@@]2(c3ccccc3)Oc3ccccc3N12. The molecule has 7 rings (SSSR count). The van der Waals surface area contributed by atoms with E-state index in [4.69, 9.17) is 4.74 Å². The number of para-hydroxylation sites is 2. The molecule has 30 heavy (non-hydrogen) atoms. The van der Waals surface area contributed by atoms with Crippen LogP contribution in [-0.4, -0.2) is 5.91 Å². The molecule has 0 unspecified atom stereocenters. The molecule has 2 aliphatic heterocycles. The topological polar surface area (TPSA) is 29.5 Å². The smallest absolute Gasteiger partial charge is 0.234 e. The van der Waals surface area contributed by atoms with Crippen molar-refractivity contribution in [2.24, 2.45) is 23.7 Å². The zero-order chi connectivity index (χ0) is 19.9. The molecule has 3 heteroatoms. The van der Waals surface area contributed by atoms with Gasteiger partial charge >= 0.3 is 0 Å². The highest BCUT2D eigenvalue weighted by molar-refractivity contribution is 6.03. The second-order valence-electron chi connectivity index (χ2n) is 9.27. The number of nitrogens with zero attached hydrogens (tertiary/aromatic N) is 1. The minimum absolute atomic E-state index is 0.0301. The number of rotatable bonds is 2. The molecule has 0 N–H and O–H groups in total. The predicted molar refractivity (Wildman–Crippen MR) is 115 cm³/mol. The molecule has 1 amide bonds. The number of hydrogen-bond donors (Lipinski definition) is 0. The standard InChI is InChI=1S/C27H23NO2/c29-26-24-21-16-18(15-20(21)17-9-3-1-4-10-17)25(24)27(19-11-5-2-6-12-19)28(26)22-13-7-8-14-23(22)30-27/h1-14,18,20-21,24-25H,15-16H2/t18-,20+,21-,24+,25-,27-/m1/s1. The zero-order valence-electron chi connectivity index (χ0n) is 16.6. The number of carbonyl (C=O) groups is 1. The Balaban J connectivity index is 1.40. The van der Waals surface area contributed by atoms with Crippen molar-refractivity contribution in [3.8, 4) is 5.75 Å². The van der Waals surface area contributed by atoms with Gasteiger partial charge < -0.3 is 4.74 Å². The van der Waals surface area contributed by atoms with Gasteiger partial charge in [-0.25, -0.2) is 0 Å². The average molecular weight is 393 g/mol. The van der Waals surface area contributed by atoms with Crippen LogP contribution in [-0.2, 0) is 10.5 Å². The van der Waals surface area contributed by atoms with Gasteiger partial charge in [-0.3, -0.25) is 9.69 Å². The molecular formula is C27H23NO2. The van der Waals surface area contributed by atoms with Crippen LogP contribution in [0.4, 0.5) is 5.69 Å². The zero-order valence-corrected chi connectivity index (χ0v) is 16.6. The number of fused-ring (bicyclic) bond motifs is 9. The van der Waals surface area contributed by atoms with E-state index < -0.39 is 5.72 Å². The van der Waals surface area contributed by atoms with Crippen LogP contribution >= 0.6 is 0 Å². The van der Waals surface area contributed by atoms with E-state index in [9.17, 15) is 4.79 Å². The molecule has 2 bridgehead atoms. The molecule has 3 aromatic carbocycles. The van der Waals surface area contributed by atoms with Gasteiger partial charge in [-0.1, -0.05) is 72.8 Å². The van der Waals surface area contributed by atoms with Gasteiger partial charge in [0, 0.05) is 11.5 Å². The van der Waals surface area contributed by atoms with Gasteiger partial charge in [0.05, 0.1) is 11.6 Å². The molecule has 0 aromatic heterocycles. The van der Waals surface area contributed by atoms with Crippen molar-refractivity contribution in [1.29, 1.82) is 0 Å². The second-order valence-corrected chi connectivity index (χ2v) is 9.27. The summed E-state index contributed by atoms with van der Waals surface area (Å²) in [5.41, 5.74) is 2.72. The summed E-state index contributed by atoms with van der Waals surface area (Å²) in [6.45, 7) is 0. The Labute approximate surface area is 176 Å². The summed E-state index contributed by atoms with van der Waals surface area (Å²) in [7, 11) is 0. The maximum absolute atomic E-state index is 14.0. The fraction of sp³-hybridized carbons (Fsp3) is 0.296. The molecule has 2 aliphatic carbocycles. The number of carbonyl (C=O) groups excluding carboxylic acids is 1. The van der Waals surface area contributed by atoms with Crippen LogP contribution in [0.2, 0.25) is 0 Å². The summed E-state index contributed by atoms with van der Waals surface area (Å²) in [6.07, 6.45) is 2.27. The van der Waals surface area contributed by atoms with Gasteiger partial charge in [-0.05, 0) is 48.3 Å². The molecule has 3 nitrogen and oxygen atoms in total. The van der Waals surface area contributed by atoms with Crippen molar-refractivity contribution in [2.45, 2.75) is 24.5 Å². The lowest BCUT2D eigenvalue weighted by atomic mass is 9.69. The first-order chi connectivity index (χ1) is 14.8.